The van der Waals surface area contributed by atoms with E-state index < -0.39 is 28.0 Å². The van der Waals surface area contributed by atoms with Gasteiger partial charge in [0.25, 0.3) is 10.0 Å². The maximum atomic E-state index is 13.1. The summed E-state index contributed by atoms with van der Waals surface area (Å²) in [5, 5.41) is 8.07. The molecule has 1 fully saturated rings. The minimum atomic E-state index is -5.08. The molecule has 4 rings (SSSR count). The van der Waals surface area contributed by atoms with E-state index in [2.05, 4.69) is 11.0 Å². The van der Waals surface area contributed by atoms with Crippen LogP contribution in [0.5, 0.6) is 0 Å². The summed E-state index contributed by atoms with van der Waals surface area (Å²) in [5.41, 5.74) is 1.79. The lowest BCUT2D eigenvalue weighted by Gasteiger charge is -2.15. The average Bonchev–Trinajstić information content (AvgIpc) is 3.38. The van der Waals surface area contributed by atoms with E-state index in [1.165, 1.54) is 28.9 Å². The quantitative estimate of drug-likeness (QED) is 0.575. The number of hydrogen-bond donors (Lipinski definition) is 1. The zero-order valence-electron chi connectivity index (χ0n) is 16.7. The molecule has 2 heterocycles. The number of hydrogen-bond acceptors (Lipinski definition) is 4. The number of benzene rings is 2. The standard InChI is InChI=1S/C19H19FN2O2S.C2HF3O2/c20-16-6-8-17(9-7-16)25(23,24)22-13-10-18-15(4-3-5-19(18)22)14-21-11-1-2-12-21;3-2(4,5)1(6)7/h3-10,13H,1-2,11-12,14H2;(H,6,7). The number of aliphatic carboxylic acids is 1. The van der Waals surface area contributed by atoms with Crippen molar-refractivity contribution >= 4 is 26.9 Å². The van der Waals surface area contributed by atoms with Gasteiger partial charge in [0, 0.05) is 18.1 Å². The number of fused-ring (bicyclic) bond motifs is 1. The van der Waals surface area contributed by atoms with Crippen molar-refractivity contribution in [3.63, 3.8) is 0 Å². The number of nitrogens with zero attached hydrogens (tertiary/aromatic N) is 2. The van der Waals surface area contributed by atoms with Crippen LogP contribution in [-0.4, -0.2) is 47.6 Å². The highest BCUT2D eigenvalue weighted by atomic mass is 32.2. The summed E-state index contributed by atoms with van der Waals surface area (Å²) >= 11 is 0. The van der Waals surface area contributed by atoms with Gasteiger partial charge in [-0.15, -0.1) is 0 Å². The molecule has 2 aromatic carbocycles. The Bertz CT molecular complexity index is 1200. The van der Waals surface area contributed by atoms with Crippen LogP contribution in [0.15, 0.2) is 59.6 Å². The van der Waals surface area contributed by atoms with Gasteiger partial charge in [0.05, 0.1) is 10.4 Å². The summed E-state index contributed by atoms with van der Waals surface area (Å²) in [5.74, 6) is -3.21. The topological polar surface area (TPSA) is 79.6 Å². The molecule has 0 spiro atoms. The van der Waals surface area contributed by atoms with Gasteiger partial charge in [-0.1, -0.05) is 12.1 Å². The van der Waals surface area contributed by atoms with Crippen LogP contribution >= 0.6 is 0 Å². The maximum Gasteiger partial charge on any atom is 0.490 e. The molecule has 3 aromatic rings. The number of halogens is 4. The molecule has 0 unspecified atom stereocenters. The lowest BCUT2D eigenvalue weighted by molar-refractivity contribution is -0.192. The van der Waals surface area contributed by atoms with Gasteiger partial charge >= 0.3 is 12.1 Å². The molecule has 0 saturated carbocycles. The van der Waals surface area contributed by atoms with Gasteiger partial charge in [0.15, 0.2) is 0 Å². The summed E-state index contributed by atoms with van der Waals surface area (Å²) in [6, 6.07) is 12.5. The van der Waals surface area contributed by atoms with E-state index in [0.717, 1.165) is 42.7 Å². The van der Waals surface area contributed by atoms with Crippen LogP contribution in [-0.2, 0) is 21.4 Å². The number of carboxylic acid groups (broad SMARTS) is 1. The molecular weight excluding hydrogens is 452 g/mol. The third kappa shape index (κ3) is 5.28. The molecule has 11 heteroatoms. The molecule has 1 aliphatic rings. The Labute approximate surface area is 181 Å². The summed E-state index contributed by atoms with van der Waals surface area (Å²) in [7, 11) is -3.75. The zero-order chi connectivity index (χ0) is 23.5. The van der Waals surface area contributed by atoms with Gasteiger partial charge in [-0.25, -0.2) is 21.6 Å². The Morgan fingerprint density at radius 2 is 1.59 bits per heavy atom. The van der Waals surface area contributed by atoms with Crippen molar-refractivity contribution in [3.8, 4) is 0 Å². The number of likely N-dealkylation sites (tertiary alicyclic amines) is 1. The predicted molar refractivity (Wildman–Crippen MR) is 109 cm³/mol. The number of carbonyl (C=O) groups is 1. The first-order chi connectivity index (χ1) is 15.0. The van der Waals surface area contributed by atoms with Crippen LogP contribution in [0.2, 0.25) is 0 Å². The molecule has 32 heavy (non-hydrogen) atoms. The van der Waals surface area contributed by atoms with Crippen LogP contribution in [0, 0.1) is 5.82 Å². The van der Waals surface area contributed by atoms with Gasteiger partial charge in [-0.2, -0.15) is 13.2 Å². The molecule has 0 amide bonds. The molecule has 1 aliphatic heterocycles. The lowest BCUT2D eigenvalue weighted by atomic mass is 10.1. The Balaban J connectivity index is 0.000000360. The third-order valence-corrected chi connectivity index (χ3v) is 6.70. The van der Waals surface area contributed by atoms with Crippen LogP contribution in [0.4, 0.5) is 17.6 Å². The number of aromatic nitrogens is 1. The van der Waals surface area contributed by atoms with Crippen molar-refractivity contribution in [2.75, 3.05) is 13.1 Å². The van der Waals surface area contributed by atoms with Crippen molar-refractivity contribution in [2.24, 2.45) is 0 Å². The average molecular weight is 472 g/mol. The molecule has 172 valence electrons. The van der Waals surface area contributed by atoms with Crippen molar-refractivity contribution < 1.29 is 35.9 Å². The predicted octanol–water partition coefficient (Wildman–Crippen LogP) is 4.25. The summed E-state index contributed by atoms with van der Waals surface area (Å²) in [6.07, 6.45) is -1.07. The van der Waals surface area contributed by atoms with Crippen molar-refractivity contribution in [2.45, 2.75) is 30.5 Å². The zero-order valence-corrected chi connectivity index (χ0v) is 17.5. The van der Waals surface area contributed by atoms with E-state index in [1.54, 1.807) is 6.20 Å². The van der Waals surface area contributed by atoms with Crippen LogP contribution in [0.3, 0.4) is 0 Å². The summed E-state index contributed by atoms with van der Waals surface area (Å²) in [4.78, 5) is 11.4. The van der Waals surface area contributed by atoms with Crippen molar-refractivity contribution in [1.82, 2.24) is 8.87 Å². The second kappa shape index (κ2) is 9.29. The third-order valence-electron chi connectivity index (χ3n) is 4.99. The van der Waals surface area contributed by atoms with E-state index in [0.29, 0.717) is 5.52 Å². The van der Waals surface area contributed by atoms with Crippen LogP contribution in [0.25, 0.3) is 10.9 Å². The highest BCUT2D eigenvalue weighted by Gasteiger charge is 2.38. The summed E-state index contributed by atoms with van der Waals surface area (Å²) in [6.45, 7) is 3.01. The fourth-order valence-electron chi connectivity index (χ4n) is 3.46. The Kier molecular flexibility index (Phi) is 6.89. The molecule has 1 N–H and O–H groups in total. The fraction of sp³-hybridized carbons (Fsp3) is 0.286. The number of carboxylic acids is 1. The Morgan fingerprint density at radius 3 is 2.16 bits per heavy atom. The minimum Gasteiger partial charge on any atom is -0.475 e. The highest BCUT2D eigenvalue weighted by Crippen LogP contribution is 2.26. The van der Waals surface area contributed by atoms with E-state index in [1.807, 2.05) is 18.2 Å². The van der Waals surface area contributed by atoms with Gasteiger partial charge in [-0.3, -0.25) is 4.90 Å². The van der Waals surface area contributed by atoms with E-state index in [9.17, 15) is 26.0 Å². The maximum absolute atomic E-state index is 13.1. The molecule has 0 radical (unpaired) electrons. The fourth-order valence-corrected chi connectivity index (χ4v) is 4.80. The second-order valence-corrected chi connectivity index (χ2v) is 9.02. The van der Waals surface area contributed by atoms with E-state index in [4.69, 9.17) is 9.90 Å². The van der Waals surface area contributed by atoms with Gasteiger partial charge in [-0.05, 0) is 67.9 Å². The summed E-state index contributed by atoms with van der Waals surface area (Å²) < 4.78 is 71.9. The molecule has 6 nitrogen and oxygen atoms in total. The first-order valence-electron chi connectivity index (χ1n) is 9.63. The van der Waals surface area contributed by atoms with E-state index >= 15 is 0 Å². The molecule has 0 atom stereocenters. The number of alkyl halides is 3. The number of rotatable bonds is 4. The molecule has 0 aliphatic carbocycles. The largest absolute Gasteiger partial charge is 0.490 e. The lowest BCUT2D eigenvalue weighted by Crippen LogP contribution is -2.21. The molecule has 1 aromatic heterocycles. The highest BCUT2D eigenvalue weighted by molar-refractivity contribution is 7.90. The monoisotopic (exact) mass is 472 g/mol. The van der Waals surface area contributed by atoms with Gasteiger partial charge in [0.2, 0.25) is 0 Å². The minimum absolute atomic E-state index is 0.0799. The SMILES string of the molecule is O=C(O)C(F)(F)F.O=S(=O)(c1ccc(F)cc1)n1ccc2c(CN3CCCC3)cccc21. The first-order valence-corrected chi connectivity index (χ1v) is 11.1. The van der Waals surface area contributed by atoms with Crippen molar-refractivity contribution in [3.05, 3.63) is 66.1 Å². The molecule has 1 saturated heterocycles. The van der Waals surface area contributed by atoms with Crippen LogP contribution < -0.4 is 0 Å². The Hall–Kier alpha value is -2.92. The normalized spacial score (nSPS) is 14.9. The molecular formula is C21H20F4N2O4S. The molecule has 0 bridgehead atoms. The van der Waals surface area contributed by atoms with Gasteiger partial charge in [0.1, 0.15) is 5.82 Å². The Morgan fingerprint density at radius 1 is 1.00 bits per heavy atom. The van der Waals surface area contributed by atoms with Crippen LogP contribution in [0.1, 0.15) is 18.4 Å². The first kappa shape index (κ1) is 23.7. The van der Waals surface area contributed by atoms with Crippen molar-refractivity contribution in [1.29, 1.82) is 0 Å². The van der Waals surface area contributed by atoms with Gasteiger partial charge < -0.3 is 5.11 Å². The smallest absolute Gasteiger partial charge is 0.475 e. The van der Waals surface area contributed by atoms with E-state index in [-0.39, 0.29) is 4.90 Å². The second-order valence-electron chi connectivity index (χ2n) is 7.21.